The average molecular weight is 285 g/mol. The van der Waals surface area contributed by atoms with Gasteiger partial charge in [-0.05, 0) is 31.1 Å². The molecule has 0 radical (unpaired) electrons. The van der Waals surface area contributed by atoms with Gasteiger partial charge in [-0.15, -0.1) is 12.4 Å². The van der Waals surface area contributed by atoms with Crippen LogP contribution in [0.15, 0.2) is 24.3 Å². The van der Waals surface area contributed by atoms with Gasteiger partial charge in [-0.25, -0.2) is 4.79 Å². The number of ether oxygens (including phenoxy) is 1. The number of esters is 1. The highest BCUT2D eigenvalue weighted by molar-refractivity contribution is 5.90. The van der Waals surface area contributed by atoms with Crippen LogP contribution in [0.3, 0.4) is 0 Å². The van der Waals surface area contributed by atoms with Crippen molar-refractivity contribution in [2.75, 3.05) is 33.3 Å². The summed E-state index contributed by atoms with van der Waals surface area (Å²) in [5.74, 6) is -0.251. The topological polar surface area (TPSA) is 41.6 Å². The molecule has 0 aromatic heterocycles. The Hall–Kier alpha value is -1.10. The van der Waals surface area contributed by atoms with E-state index in [4.69, 9.17) is 4.74 Å². The summed E-state index contributed by atoms with van der Waals surface area (Å²) in [4.78, 5) is 14.1. The minimum absolute atomic E-state index is 0. The number of hydrogen-bond donors (Lipinski definition) is 1. The standard InChI is InChI=1S/C14H20N2O2.ClH/c1-18-14(17)13-6-3-2-5-12(13)11-16-9-4-7-15-8-10-16;/h2-3,5-6,15H,4,7-11H2,1H3;1H. The molecular formula is C14H21ClN2O2. The number of carbonyl (C=O) groups is 1. The van der Waals surface area contributed by atoms with E-state index in [1.807, 2.05) is 24.3 Å². The highest BCUT2D eigenvalue weighted by atomic mass is 35.5. The van der Waals surface area contributed by atoms with Gasteiger partial charge in [0.15, 0.2) is 0 Å². The number of carbonyl (C=O) groups excluding carboxylic acids is 1. The van der Waals surface area contributed by atoms with Crippen LogP contribution in [0.5, 0.6) is 0 Å². The largest absolute Gasteiger partial charge is 0.465 e. The van der Waals surface area contributed by atoms with E-state index < -0.39 is 0 Å². The molecule has 1 aromatic carbocycles. The predicted molar refractivity (Wildman–Crippen MR) is 77.8 cm³/mol. The fraction of sp³-hybridized carbons (Fsp3) is 0.500. The molecular weight excluding hydrogens is 264 g/mol. The van der Waals surface area contributed by atoms with Crippen LogP contribution in [0.1, 0.15) is 22.3 Å². The number of benzene rings is 1. The van der Waals surface area contributed by atoms with Crippen LogP contribution in [-0.2, 0) is 11.3 Å². The first-order chi connectivity index (χ1) is 8.81. The Morgan fingerprint density at radius 1 is 1.32 bits per heavy atom. The summed E-state index contributed by atoms with van der Waals surface area (Å²) in [6.07, 6.45) is 1.15. The van der Waals surface area contributed by atoms with Crippen LogP contribution in [0, 0.1) is 0 Å². The molecule has 1 heterocycles. The normalized spacial score (nSPS) is 16.3. The highest BCUT2D eigenvalue weighted by Gasteiger charge is 2.14. The van der Waals surface area contributed by atoms with Crippen molar-refractivity contribution >= 4 is 18.4 Å². The van der Waals surface area contributed by atoms with E-state index in [1.54, 1.807) is 0 Å². The first-order valence-corrected chi connectivity index (χ1v) is 6.40. The zero-order chi connectivity index (χ0) is 12.8. The minimum atomic E-state index is -0.251. The van der Waals surface area contributed by atoms with Gasteiger partial charge in [0.05, 0.1) is 12.7 Å². The number of nitrogens with one attached hydrogen (secondary N) is 1. The molecule has 0 saturated carbocycles. The van der Waals surface area contributed by atoms with Crippen LogP contribution in [0.25, 0.3) is 0 Å². The lowest BCUT2D eigenvalue weighted by Crippen LogP contribution is -2.28. The van der Waals surface area contributed by atoms with E-state index in [2.05, 4.69) is 10.2 Å². The van der Waals surface area contributed by atoms with Crippen molar-refractivity contribution in [3.63, 3.8) is 0 Å². The second-order valence-electron chi connectivity index (χ2n) is 4.53. The fourth-order valence-corrected chi connectivity index (χ4v) is 2.27. The van der Waals surface area contributed by atoms with E-state index in [1.165, 1.54) is 7.11 Å². The molecule has 1 saturated heterocycles. The lowest BCUT2D eigenvalue weighted by atomic mass is 10.1. The lowest BCUT2D eigenvalue weighted by molar-refractivity contribution is 0.0598. The molecule has 1 fully saturated rings. The summed E-state index contributed by atoms with van der Waals surface area (Å²) >= 11 is 0. The quantitative estimate of drug-likeness (QED) is 0.858. The summed E-state index contributed by atoms with van der Waals surface area (Å²) < 4.78 is 4.82. The van der Waals surface area contributed by atoms with Gasteiger partial charge in [-0.1, -0.05) is 18.2 Å². The molecule has 0 amide bonds. The van der Waals surface area contributed by atoms with Crippen LogP contribution in [0.2, 0.25) is 0 Å². The van der Waals surface area contributed by atoms with E-state index in [0.29, 0.717) is 5.56 Å². The Balaban J connectivity index is 0.00000180. The van der Waals surface area contributed by atoms with E-state index in [9.17, 15) is 4.79 Å². The van der Waals surface area contributed by atoms with Crippen molar-refractivity contribution in [1.82, 2.24) is 10.2 Å². The van der Waals surface area contributed by atoms with Crippen LogP contribution in [0.4, 0.5) is 0 Å². The third-order valence-electron chi connectivity index (χ3n) is 3.25. The Kier molecular flexibility index (Phi) is 6.84. The van der Waals surface area contributed by atoms with Crippen molar-refractivity contribution in [3.05, 3.63) is 35.4 Å². The van der Waals surface area contributed by atoms with Crippen molar-refractivity contribution in [3.8, 4) is 0 Å². The van der Waals surface area contributed by atoms with Crippen LogP contribution >= 0.6 is 12.4 Å². The number of halogens is 1. The van der Waals surface area contributed by atoms with E-state index in [-0.39, 0.29) is 18.4 Å². The van der Waals surface area contributed by atoms with E-state index in [0.717, 1.165) is 44.7 Å². The maximum Gasteiger partial charge on any atom is 0.338 e. The minimum Gasteiger partial charge on any atom is -0.465 e. The molecule has 0 spiro atoms. The van der Waals surface area contributed by atoms with Gasteiger partial charge >= 0.3 is 5.97 Å². The second-order valence-corrected chi connectivity index (χ2v) is 4.53. The van der Waals surface area contributed by atoms with Crippen LogP contribution < -0.4 is 5.32 Å². The van der Waals surface area contributed by atoms with Gasteiger partial charge in [0, 0.05) is 19.6 Å². The fourth-order valence-electron chi connectivity index (χ4n) is 2.27. The molecule has 1 aliphatic rings. The van der Waals surface area contributed by atoms with Crippen molar-refractivity contribution in [1.29, 1.82) is 0 Å². The van der Waals surface area contributed by atoms with Crippen molar-refractivity contribution in [2.24, 2.45) is 0 Å². The van der Waals surface area contributed by atoms with Gasteiger partial charge in [0.25, 0.3) is 0 Å². The Morgan fingerprint density at radius 2 is 2.11 bits per heavy atom. The number of nitrogens with zero attached hydrogens (tertiary/aromatic N) is 1. The second kappa shape index (κ2) is 8.15. The average Bonchev–Trinajstić information content (AvgIpc) is 2.67. The van der Waals surface area contributed by atoms with Gasteiger partial charge in [-0.2, -0.15) is 0 Å². The summed E-state index contributed by atoms with van der Waals surface area (Å²) in [7, 11) is 1.43. The summed E-state index contributed by atoms with van der Waals surface area (Å²) in [6.45, 7) is 5.00. The first kappa shape index (κ1) is 16.0. The summed E-state index contributed by atoms with van der Waals surface area (Å²) in [5.41, 5.74) is 1.73. The Bertz CT molecular complexity index is 404. The maximum absolute atomic E-state index is 11.7. The number of hydrogen-bond acceptors (Lipinski definition) is 4. The van der Waals surface area contributed by atoms with Crippen LogP contribution in [-0.4, -0.2) is 44.2 Å². The molecule has 0 aliphatic carbocycles. The molecule has 0 unspecified atom stereocenters. The third-order valence-corrected chi connectivity index (χ3v) is 3.25. The SMILES string of the molecule is COC(=O)c1ccccc1CN1CCCNCC1.Cl. The van der Waals surface area contributed by atoms with Gasteiger partial charge < -0.3 is 10.1 Å². The highest BCUT2D eigenvalue weighted by Crippen LogP contribution is 2.13. The van der Waals surface area contributed by atoms with Crippen molar-refractivity contribution < 1.29 is 9.53 Å². The molecule has 106 valence electrons. The molecule has 1 aromatic rings. The summed E-state index contributed by atoms with van der Waals surface area (Å²) in [6, 6.07) is 7.68. The predicted octanol–water partition coefficient (Wildman–Crippen LogP) is 1.69. The Labute approximate surface area is 120 Å². The smallest absolute Gasteiger partial charge is 0.338 e. The third kappa shape index (κ3) is 4.49. The van der Waals surface area contributed by atoms with Crippen molar-refractivity contribution in [2.45, 2.75) is 13.0 Å². The molecule has 1 N–H and O–H groups in total. The number of rotatable bonds is 3. The molecule has 5 heteroatoms. The molecule has 2 rings (SSSR count). The zero-order valence-corrected chi connectivity index (χ0v) is 12.0. The zero-order valence-electron chi connectivity index (χ0n) is 11.2. The lowest BCUT2D eigenvalue weighted by Gasteiger charge is -2.20. The first-order valence-electron chi connectivity index (χ1n) is 6.40. The number of methoxy groups -OCH3 is 1. The van der Waals surface area contributed by atoms with Gasteiger partial charge in [0.1, 0.15) is 0 Å². The molecule has 4 nitrogen and oxygen atoms in total. The van der Waals surface area contributed by atoms with Gasteiger partial charge in [0.2, 0.25) is 0 Å². The molecule has 0 atom stereocenters. The summed E-state index contributed by atoms with van der Waals surface area (Å²) in [5, 5.41) is 3.38. The monoisotopic (exact) mass is 284 g/mol. The molecule has 1 aliphatic heterocycles. The maximum atomic E-state index is 11.7. The van der Waals surface area contributed by atoms with Gasteiger partial charge in [-0.3, -0.25) is 4.90 Å². The van der Waals surface area contributed by atoms with E-state index >= 15 is 0 Å². The molecule has 19 heavy (non-hydrogen) atoms. The molecule has 0 bridgehead atoms. The Morgan fingerprint density at radius 3 is 2.89 bits per heavy atom.